The van der Waals surface area contributed by atoms with Crippen LogP contribution in [0.15, 0.2) is 24.3 Å². The Morgan fingerprint density at radius 2 is 2.20 bits per heavy atom. The summed E-state index contributed by atoms with van der Waals surface area (Å²) in [5.74, 6) is 0.110. The molecule has 1 heterocycles. The smallest absolute Gasteiger partial charge is 0.248 e. The molecule has 0 spiro atoms. The molecule has 1 atom stereocenters. The molecule has 0 aromatic heterocycles. The summed E-state index contributed by atoms with van der Waals surface area (Å²) in [6, 6.07) is 7.65. The van der Waals surface area contributed by atoms with Crippen molar-refractivity contribution >= 4 is 5.91 Å². The minimum Gasteiger partial charge on any atom is -0.366 e. The first kappa shape index (κ1) is 10.2. The molecule has 1 saturated heterocycles. The van der Waals surface area contributed by atoms with Gasteiger partial charge in [0.15, 0.2) is 0 Å². The van der Waals surface area contributed by atoms with Crippen molar-refractivity contribution in [3.63, 3.8) is 0 Å². The van der Waals surface area contributed by atoms with Gasteiger partial charge in [-0.25, -0.2) is 0 Å². The quantitative estimate of drug-likeness (QED) is 0.761. The van der Waals surface area contributed by atoms with Gasteiger partial charge in [0.25, 0.3) is 0 Å². The molecule has 1 aliphatic heterocycles. The zero-order chi connectivity index (χ0) is 10.7. The standard InChI is InChI=1S/C12H16N2O/c13-12(15)11-6-2-1-5-10(11)9-4-3-7-14-8-9/h1-2,5-6,9,14H,3-4,7-8H2,(H2,13,15)/t9-/m0/s1. The highest BCUT2D eigenvalue weighted by Gasteiger charge is 2.19. The maximum absolute atomic E-state index is 11.3. The van der Waals surface area contributed by atoms with E-state index in [1.165, 1.54) is 0 Å². The van der Waals surface area contributed by atoms with Gasteiger partial charge in [-0.15, -0.1) is 0 Å². The molecule has 1 aromatic carbocycles. The van der Waals surface area contributed by atoms with Gasteiger partial charge < -0.3 is 11.1 Å². The third kappa shape index (κ3) is 2.18. The Morgan fingerprint density at radius 1 is 1.40 bits per heavy atom. The van der Waals surface area contributed by atoms with Gasteiger partial charge in [0.05, 0.1) is 0 Å². The second kappa shape index (κ2) is 4.45. The van der Waals surface area contributed by atoms with E-state index in [2.05, 4.69) is 5.32 Å². The van der Waals surface area contributed by atoms with Crippen LogP contribution in [-0.2, 0) is 0 Å². The van der Waals surface area contributed by atoms with E-state index >= 15 is 0 Å². The normalized spacial score (nSPS) is 21.2. The Balaban J connectivity index is 2.29. The highest BCUT2D eigenvalue weighted by atomic mass is 16.1. The molecule has 1 amide bonds. The summed E-state index contributed by atoms with van der Waals surface area (Å²) in [4.78, 5) is 11.3. The molecule has 1 fully saturated rings. The molecule has 1 aromatic rings. The number of hydrogen-bond donors (Lipinski definition) is 2. The predicted molar refractivity (Wildman–Crippen MR) is 59.8 cm³/mol. The van der Waals surface area contributed by atoms with E-state index in [4.69, 9.17) is 5.73 Å². The van der Waals surface area contributed by atoms with Gasteiger partial charge in [-0.1, -0.05) is 18.2 Å². The van der Waals surface area contributed by atoms with Crippen LogP contribution in [0.5, 0.6) is 0 Å². The highest BCUT2D eigenvalue weighted by Crippen LogP contribution is 2.25. The molecule has 3 nitrogen and oxygen atoms in total. The number of piperidine rings is 1. The van der Waals surface area contributed by atoms with Crippen molar-refractivity contribution < 1.29 is 4.79 Å². The summed E-state index contributed by atoms with van der Waals surface area (Å²) >= 11 is 0. The lowest BCUT2D eigenvalue weighted by Gasteiger charge is -2.24. The van der Waals surface area contributed by atoms with Crippen LogP contribution in [0.3, 0.4) is 0 Å². The monoisotopic (exact) mass is 204 g/mol. The van der Waals surface area contributed by atoms with Crippen molar-refractivity contribution in [2.45, 2.75) is 18.8 Å². The Kier molecular flexibility index (Phi) is 3.02. The molecule has 0 aliphatic carbocycles. The van der Waals surface area contributed by atoms with Crippen molar-refractivity contribution in [1.82, 2.24) is 5.32 Å². The van der Waals surface area contributed by atoms with E-state index < -0.39 is 0 Å². The van der Waals surface area contributed by atoms with Crippen LogP contribution in [-0.4, -0.2) is 19.0 Å². The van der Waals surface area contributed by atoms with Crippen LogP contribution in [0.25, 0.3) is 0 Å². The maximum atomic E-state index is 11.3. The van der Waals surface area contributed by atoms with Crippen LogP contribution in [0.1, 0.15) is 34.7 Å². The molecule has 3 N–H and O–H groups in total. The number of hydrogen-bond acceptors (Lipinski definition) is 2. The number of primary amides is 1. The van der Waals surface area contributed by atoms with Crippen molar-refractivity contribution in [3.8, 4) is 0 Å². The molecule has 2 rings (SSSR count). The summed E-state index contributed by atoms with van der Waals surface area (Å²) in [5.41, 5.74) is 7.13. The lowest BCUT2D eigenvalue weighted by atomic mass is 9.88. The van der Waals surface area contributed by atoms with Gasteiger partial charge >= 0.3 is 0 Å². The number of nitrogens with two attached hydrogens (primary N) is 1. The first-order valence-electron chi connectivity index (χ1n) is 5.38. The molecule has 0 unspecified atom stereocenters. The fourth-order valence-corrected chi connectivity index (χ4v) is 2.19. The molecule has 3 heteroatoms. The molecular formula is C12H16N2O. The van der Waals surface area contributed by atoms with Crippen molar-refractivity contribution in [3.05, 3.63) is 35.4 Å². The van der Waals surface area contributed by atoms with E-state index in [-0.39, 0.29) is 5.91 Å². The largest absolute Gasteiger partial charge is 0.366 e. The van der Waals surface area contributed by atoms with Crippen LogP contribution < -0.4 is 11.1 Å². The minimum absolute atomic E-state index is 0.323. The van der Waals surface area contributed by atoms with Gasteiger partial charge in [-0.2, -0.15) is 0 Å². The van der Waals surface area contributed by atoms with Crippen LogP contribution >= 0.6 is 0 Å². The fraction of sp³-hybridized carbons (Fsp3) is 0.417. The molecular weight excluding hydrogens is 188 g/mol. The Labute approximate surface area is 89.7 Å². The first-order chi connectivity index (χ1) is 7.29. The number of benzene rings is 1. The van der Waals surface area contributed by atoms with Crippen molar-refractivity contribution in [2.75, 3.05) is 13.1 Å². The lowest BCUT2D eigenvalue weighted by Crippen LogP contribution is -2.29. The van der Waals surface area contributed by atoms with Gasteiger partial charge in [0.2, 0.25) is 5.91 Å². The Morgan fingerprint density at radius 3 is 2.87 bits per heavy atom. The summed E-state index contributed by atoms with van der Waals surface area (Å²) in [5, 5.41) is 3.35. The lowest BCUT2D eigenvalue weighted by molar-refractivity contribution is 0.0998. The summed E-state index contributed by atoms with van der Waals surface area (Å²) in [6.45, 7) is 2.03. The maximum Gasteiger partial charge on any atom is 0.248 e. The number of carbonyl (C=O) groups is 1. The molecule has 0 radical (unpaired) electrons. The van der Waals surface area contributed by atoms with Gasteiger partial charge in [-0.05, 0) is 36.9 Å². The average molecular weight is 204 g/mol. The number of rotatable bonds is 2. The second-order valence-electron chi connectivity index (χ2n) is 3.99. The van der Waals surface area contributed by atoms with Crippen molar-refractivity contribution in [1.29, 1.82) is 0 Å². The Hall–Kier alpha value is -1.35. The van der Waals surface area contributed by atoms with E-state index in [0.29, 0.717) is 11.5 Å². The zero-order valence-electron chi connectivity index (χ0n) is 8.70. The van der Waals surface area contributed by atoms with E-state index in [9.17, 15) is 4.79 Å². The number of nitrogens with one attached hydrogen (secondary N) is 1. The van der Waals surface area contributed by atoms with Crippen LogP contribution in [0.4, 0.5) is 0 Å². The Bertz CT molecular complexity index is 356. The van der Waals surface area contributed by atoms with Gasteiger partial charge in [-0.3, -0.25) is 4.79 Å². The zero-order valence-corrected chi connectivity index (χ0v) is 8.70. The van der Waals surface area contributed by atoms with Gasteiger partial charge in [0.1, 0.15) is 0 Å². The summed E-state index contributed by atoms with van der Waals surface area (Å²) < 4.78 is 0. The molecule has 0 saturated carbocycles. The number of carbonyl (C=O) groups excluding carboxylic acids is 1. The van der Waals surface area contributed by atoms with Gasteiger partial charge in [0, 0.05) is 12.1 Å². The van der Waals surface area contributed by atoms with Crippen LogP contribution in [0.2, 0.25) is 0 Å². The molecule has 0 bridgehead atoms. The third-order valence-electron chi connectivity index (χ3n) is 2.96. The SMILES string of the molecule is NC(=O)c1ccccc1[C@H]1CCCNC1. The number of amides is 1. The van der Waals surface area contributed by atoms with E-state index in [1.807, 2.05) is 24.3 Å². The van der Waals surface area contributed by atoms with E-state index in [1.54, 1.807) is 0 Å². The fourth-order valence-electron chi connectivity index (χ4n) is 2.19. The predicted octanol–water partition coefficient (Wildman–Crippen LogP) is 1.25. The second-order valence-corrected chi connectivity index (χ2v) is 3.99. The summed E-state index contributed by atoms with van der Waals surface area (Å²) in [6.07, 6.45) is 2.30. The van der Waals surface area contributed by atoms with Crippen LogP contribution in [0, 0.1) is 0 Å². The summed E-state index contributed by atoms with van der Waals surface area (Å²) in [7, 11) is 0. The molecule has 80 valence electrons. The average Bonchev–Trinajstić information content (AvgIpc) is 2.30. The topological polar surface area (TPSA) is 55.1 Å². The first-order valence-corrected chi connectivity index (χ1v) is 5.38. The molecule has 1 aliphatic rings. The van der Waals surface area contributed by atoms with E-state index in [0.717, 1.165) is 31.5 Å². The van der Waals surface area contributed by atoms with Crippen molar-refractivity contribution in [2.24, 2.45) is 5.73 Å². The third-order valence-corrected chi connectivity index (χ3v) is 2.96. The minimum atomic E-state index is -0.323. The highest BCUT2D eigenvalue weighted by molar-refractivity contribution is 5.94. The molecule has 15 heavy (non-hydrogen) atoms.